The maximum atomic E-state index is 14.9. The van der Waals surface area contributed by atoms with Gasteiger partial charge < -0.3 is 46.9 Å². The number of nitriles is 1. The number of carbonyl (C=O) groups is 3. The molecule has 2 aliphatic heterocycles. The summed E-state index contributed by atoms with van der Waals surface area (Å²) in [6.07, 6.45) is 0.241. The van der Waals surface area contributed by atoms with Crippen LogP contribution in [0.4, 0.5) is 0 Å². The molecule has 0 amide bonds. The molecular formula is C109H113N10O15P. The van der Waals surface area contributed by atoms with Crippen LogP contribution in [0.5, 0.6) is 17.2 Å². The van der Waals surface area contributed by atoms with Gasteiger partial charge in [-0.05, 0) is 199 Å². The van der Waals surface area contributed by atoms with E-state index in [-0.39, 0.29) is 94.7 Å². The van der Waals surface area contributed by atoms with E-state index in [2.05, 4.69) is 100 Å². The SMILES string of the molecule is CCOC(=O)c1cc(C#Cc2ccccc2)cc(CN2CCN(Cc3cc(C#Cc4ccccc4)cc(C(=O)OCC)n3)CC(Oc3ccc(C#CCCCCn4c(=O)ccn([C@H]5CC(OP(OCCC#N)N(C(C)C)C(C)C)[C@@H](COC(c6ccccc6)(c6ccc(OC)cc6)c6ccc(OC)cc6)O5)c4=O)cc3)CN(Cc3cc(C#Cc4ccccc4)cc(C(=O)OCC)n3)CC2)n1. The van der Waals surface area contributed by atoms with Crippen molar-refractivity contribution in [2.45, 2.75) is 149 Å². The molecule has 4 atom stereocenters. The van der Waals surface area contributed by atoms with Crippen LogP contribution in [0, 0.1) is 58.7 Å². The van der Waals surface area contributed by atoms with Crippen LogP contribution in [0.15, 0.2) is 252 Å². The minimum absolute atomic E-state index is 0.0216. The zero-order chi connectivity index (χ0) is 94.8. The van der Waals surface area contributed by atoms with Gasteiger partial charge in [0.05, 0.1) is 82.9 Å². The number of benzene rings is 7. The predicted molar refractivity (Wildman–Crippen MR) is 517 cm³/mol. The van der Waals surface area contributed by atoms with Crippen LogP contribution >= 0.6 is 8.53 Å². The van der Waals surface area contributed by atoms with Gasteiger partial charge in [-0.25, -0.2) is 38.8 Å². The highest BCUT2D eigenvalue weighted by molar-refractivity contribution is 7.44. The normalized spacial score (nSPS) is 15.1. The Hall–Kier alpha value is -13.7. The van der Waals surface area contributed by atoms with E-state index in [9.17, 15) is 29.2 Å². The fraction of sp³-hybridized carbons (Fsp3) is 0.330. The molecule has 11 aromatic rings. The lowest BCUT2D eigenvalue weighted by Gasteiger charge is -2.39. The number of esters is 3. The smallest absolute Gasteiger partial charge is 0.356 e. The zero-order valence-corrected chi connectivity index (χ0v) is 78.6. The van der Waals surface area contributed by atoms with Gasteiger partial charge in [0.2, 0.25) is 0 Å². The van der Waals surface area contributed by atoms with Gasteiger partial charge in [0.1, 0.15) is 58.4 Å². The number of hydrogen-bond acceptors (Lipinski definition) is 23. The number of unbranched alkanes of at least 4 members (excludes halogenated alkanes) is 2. The van der Waals surface area contributed by atoms with Crippen molar-refractivity contribution < 1.29 is 61.3 Å². The summed E-state index contributed by atoms with van der Waals surface area (Å²) >= 11 is 0. The summed E-state index contributed by atoms with van der Waals surface area (Å²) < 4.78 is 68.1. The summed E-state index contributed by atoms with van der Waals surface area (Å²) in [6, 6.07) is 76.0. The Balaban J connectivity index is 0.772. The Labute approximate surface area is 791 Å². The van der Waals surface area contributed by atoms with E-state index in [1.807, 2.05) is 212 Å². The van der Waals surface area contributed by atoms with Crippen LogP contribution in [0.25, 0.3) is 0 Å². The molecule has 135 heavy (non-hydrogen) atoms. The number of rotatable bonds is 35. The van der Waals surface area contributed by atoms with Crippen LogP contribution in [0.2, 0.25) is 0 Å². The van der Waals surface area contributed by atoms with E-state index < -0.39 is 67.8 Å². The number of aromatic nitrogens is 5. The van der Waals surface area contributed by atoms with E-state index in [0.29, 0.717) is 116 Å². The number of ether oxygens (including phenoxy) is 8. The second kappa shape index (κ2) is 49.9. The number of carbonyl (C=O) groups excluding carboxylic acids is 3. The molecule has 2 fully saturated rings. The molecule has 4 aromatic heterocycles. The molecule has 0 aliphatic carbocycles. The van der Waals surface area contributed by atoms with Crippen molar-refractivity contribution in [3.8, 4) is 70.7 Å². The van der Waals surface area contributed by atoms with Gasteiger partial charge in [-0.1, -0.05) is 157 Å². The van der Waals surface area contributed by atoms with E-state index in [4.69, 9.17) is 61.9 Å². The van der Waals surface area contributed by atoms with Crippen molar-refractivity contribution in [3.63, 3.8) is 0 Å². The molecule has 694 valence electrons. The van der Waals surface area contributed by atoms with Crippen LogP contribution in [0.3, 0.4) is 0 Å². The fourth-order valence-corrected chi connectivity index (χ4v) is 17.8. The fourth-order valence-electron chi connectivity index (χ4n) is 16.1. The van der Waals surface area contributed by atoms with Gasteiger partial charge in [0.25, 0.3) is 14.1 Å². The van der Waals surface area contributed by atoms with Crippen LogP contribution in [-0.2, 0) is 64.5 Å². The highest BCUT2D eigenvalue weighted by atomic mass is 31.2. The van der Waals surface area contributed by atoms with E-state index >= 15 is 0 Å². The third-order valence-electron chi connectivity index (χ3n) is 22.4. The first-order valence-electron chi connectivity index (χ1n) is 45.7. The van der Waals surface area contributed by atoms with Crippen LogP contribution < -0.4 is 25.5 Å². The Morgan fingerprint density at radius 2 is 0.926 bits per heavy atom. The van der Waals surface area contributed by atoms with Gasteiger partial charge in [-0.3, -0.25) is 28.6 Å². The summed E-state index contributed by atoms with van der Waals surface area (Å²) in [5, 5.41) is 9.69. The third kappa shape index (κ3) is 28.0. The summed E-state index contributed by atoms with van der Waals surface area (Å²) in [4.78, 5) is 91.6. The predicted octanol–water partition coefficient (Wildman–Crippen LogP) is 16.4. The molecule has 7 aromatic carbocycles. The Kier molecular flexibility index (Phi) is 36.5. The van der Waals surface area contributed by atoms with Crippen LogP contribution in [-0.4, -0.2) is 178 Å². The third-order valence-corrected chi connectivity index (χ3v) is 24.6. The topological polar surface area (TPSA) is 263 Å². The van der Waals surface area contributed by atoms with Crippen molar-refractivity contribution in [2.75, 3.05) is 86.5 Å². The van der Waals surface area contributed by atoms with E-state index in [1.165, 1.54) is 21.4 Å². The van der Waals surface area contributed by atoms with Crippen molar-refractivity contribution in [1.82, 2.24) is 43.5 Å². The van der Waals surface area contributed by atoms with Crippen molar-refractivity contribution in [2.24, 2.45) is 0 Å². The standard InChI is InChI=1S/C109H113N10O15P/c1-10-127-105(121)98-69-85(42-39-81-30-20-15-21-31-81)66-91(111-98)73-114-61-63-115(74-92-67-86(43-40-82-32-22-16-23-33-82)70-99(112-92)106(122)128-11-2)76-97(77-116(64-62-114)75-93-68-87(44-41-83-34-24-17-25-35-83)71-100(113-93)107(123)129-12-3)132-96-51-45-84(46-52-96)36-19-13-14-28-59-117-103(120)57-60-118(108(117)124)104-72-101(134-135(131-65-29-58-110)119(79(4)5)80(6)7)102(133-104)78-130-109(88-37-26-18-27-38-88,89-47-53-94(125-8)54-48-89)90-49-55-95(126-9)56-50-90/h15-18,20-27,30-35,37-38,45-57,60,66-71,79-80,97,101-102,104H,10-14,28-29,59,61-65,72-78H2,1-9H3/t101?,102-,104-,135?/m1/s1. The summed E-state index contributed by atoms with van der Waals surface area (Å²) in [5.74, 6) is 26.4. The van der Waals surface area contributed by atoms with Crippen molar-refractivity contribution in [3.05, 3.63) is 353 Å². The van der Waals surface area contributed by atoms with Gasteiger partial charge in [0, 0.05) is 142 Å². The van der Waals surface area contributed by atoms with Gasteiger partial charge in [-0.15, -0.1) is 0 Å². The second-order valence-electron chi connectivity index (χ2n) is 32.8. The van der Waals surface area contributed by atoms with Crippen molar-refractivity contribution >= 4 is 26.4 Å². The molecule has 6 heterocycles. The first-order chi connectivity index (χ1) is 65.8. The zero-order valence-electron chi connectivity index (χ0n) is 77.7. The molecule has 0 spiro atoms. The molecule has 13 rings (SSSR count). The largest absolute Gasteiger partial charge is 0.497 e. The molecule has 25 nitrogen and oxygen atoms in total. The average molecular weight is 1830 g/mol. The number of nitrogens with zero attached hydrogens (tertiary/aromatic N) is 10. The van der Waals surface area contributed by atoms with Gasteiger partial charge in [0.15, 0.2) is 0 Å². The monoisotopic (exact) mass is 1830 g/mol. The molecule has 2 aliphatic rings. The lowest BCUT2D eigenvalue weighted by atomic mass is 9.80. The molecule has 26 heteroatoms. The Bertz CT molecular complexity index is 6040. The molecule has 0 N–H and O–H groups in total. The van der Waals surface area contributed by atoms with Gasteiger partial charge >= 0.3 is 23.6 Å². The first kappa shape index (κ1) is 98.8. The van der Waals surface area contributed by atoms with E-state index in [1.54, 1.807) is 53.2 Å². The number of pyridine rings is 3. The summed E-state index contributed by atoms with van der Waals surface area (Å²) in [5.41, 5.74) is 7.09. The molecule has 0 radical (unpaired) electrons. The minimum Gasteiger partial charge on any atom is -0.497 e. The van der Waals surface area contributed by atoms with E-state index in [0.717, 1.165) is 38.9 Å². The summed E-state index contributed by atoms with van der Waals surface area (Å²) in [7, 11) is 1.43. The highest BCUT2D eigenvalue weighted by Crippen LogP contribution is 2.51. The second-order valence-corrected chi connectivity index (χ2v) is 34.2. The van der Waals surface area contributed by atoms with Gasteiger partial charge in [-0.2, -0.15) is 5.26 Å². The van der Waals surface area contributed by atoms with Crippen LogP contribution in [0.1, 0.15) is 191 Å². The highest BCUT2D eigenvalue weighted by Gasteiger charge is 2.46. The lowest BCUT2D eigenvalue weighted by Crippen LogP contribution is -2.49. The molecule has 0 bridgehead atoms. The number of hydrogen-bond donors (Lipinski definition) is 0. The Morgan fingerprint density at radius 3 is 1.37 bits per heavy atom. The Morgan fingerprint density at radius 1 is 0.504 bits per heavy atom. The lowest BCUT2D eigenvalue weighted by molar-refractivity contribution is -0.0927. The maximum Gasteiger partial charge on any atom is 0.356 e. The molecular weight excluding hydrogens is 1720 g/mol. The summed E-state index contributed by atoms with van der Waals surface area (Å²) in [6.45, 7) is 17.4. The molecule has 2 saturated heterocycles. The minimum atomic E-state index is -1.81. The first-order valence-corrected chi connectivity index (χ1v) is 46.8. The maximum absolute atomic E-state index is 14.9. The van der Waals surface area contributed by atoms with Crippen molar-refractivity contribution in [1.29, 1.82) is 5.26 Å². The molecule has 0 saturated carbocycles. The average Bonchev–Trinajstić information content (AvgIpc) is 1.48. The molecule has 2 unspecified atom stereocenters. The number of methoxy groups -OCH3 is 2. The quantitative estimate of drug-likeness (QED) is 0.00892.